The quantitative estimate of drug-likeness (QED) is 0.519. The van der Waals surface area contributed by atoms with Crippen molar-refractivity contribution in [3.8, 4) is 0 Å². The van der Waals surface area contributed by atoms with E-state index in [0.29, 0.717) is 0 Å². The van der Waals surface area contributed by atoms with Crippen LogP contribution < -0.4 is 0 Å². The highest BCUT2D eigenvalue weighted by Crippen LogP contribution is 2.47. The van der Waals surface area contributed by atoms with E-state index in [2.05, 4.69) is 0 Å². The van der Waals surface area contributed by atoms with Crippen molar-refractivity contribution >= 4 is 56.7 Å². The van der Waals surface area contributed by atoms with Crippen molar-refractivity contribution in [2.24, 2.45) is 0 Å². The highest BCUT2D eigenvalue weighted by Gasteiger charge is 2.57. The molecule has 0 radical (unpaired) electrons. The van der Waals surface area contributed by atoms with Gasteiger partial charge in [-0.25, -0.2) is 0 Å². The highest BCUT2D eigenvalue weighted by molar-refractivity contribution is 7.93. The van der Waals surface area contributed by atoms with Crippen molar-refractivity contribution in [3.05, 3.63) is 0 Å². The molecule has 0 aliphatic heterocycles. The van der Waals surface area contributed by atoms with E-state index in [1.807, 2.05) is 27.7 Å². The lowest BCUT2D eigenvalue weighted by Gasteiger charge is -2.33. The number of halogens is 4. The summed E-state index contributed by atoms with van der Waals surface area (Å²) < 4.78 is 0. The fraction of sp³-hybridized carbons (Fsp3) is 1.00. The third-order valence-corrected chi connectivity index (χ3v) is 31.3. The standard InChI is InChI=1S/C6H14Cl4Si2/c1-5(2)11(7,8)12(9,10)6(3)4/h5-6H,1-4H3. The summed E-state index contributed by atoms with van der Waals surface area (Å²) in [5.74, 6) is 0. The van der Waals surface area contributed by atoms with Crippen molar-refractivity contribution < 1.29 is 0 Å². The summed E-state index contributed by atoms with van der Waals surface area (Å²) in [5, 5.41) is 0. The van der Waals surface area contributed by atoms with Crippen molar-refractivity contribution in [1.82, 2.24) is 0 Å². The molecule has 74 valence electrons. The van der Waals surface area contributed by atoms with Gasteiger partial charge in [0.25, 0.3) is 12.4 Å². The Kier molecular flexibility index (Phi) is 4.99. The van der Waals surface area contributed by atoms with Crippen LogP contribution in [0.25, 0.3) is 0 Å². The highest BCUT2D eigenvalue weighted by atomic mass is 35.8. The van der Waals surface area contributed by atoms with E-state index in [9.17, 15) is 0 Å². The van der Waals surface area contributed by atoms with E-state index < -0.39 is 12.4 Å². The van der Waals surface area contributed by atoms with Gasteiger partial charge in [-0.15, -0.1) is 44.3 Å². The summed E-state index contributed by atoms with van der Waals surface area (Å²) in [7, 11) is 0. The van der Waals surface area contributed by atoms with Crippen molar-refractivity contribution in [2.45, 2.75) is 38.8 Å². The van der Waals surface area contributed by atoms with Gasteiger partial charge in [-0.05, 0) is 11.1 Å². The SMILES string of the molecule is CC(C)[Si](Cl)(Cl)[Si](Cl)(Cl)C(C)C. The molecule has 12 heavy (non-hydrogen) atoms. The summed E-state index contributed by atoms with van der Waals surface area (Å²) in [6.45, 7) is 7.95. The minimum atomic E-state index is -2.46. The van der Waals surface area contributed by atoms with Crippen molar-refractivity contribution in [2.75, 3.05) is 0 Å². The fourth-order valence-corrected chi connectivity index (χ4v) is 14.8. The van der Waals surface area contributed by atoms with E-state index in [4.69, 9.17) is 44.3 Å². The average Bonchev–Trinajstić information content (AvgIpc) is 1.86. The number of rotatable bonds is 3. The summed E-state index contributed by atoms with van der Waals surface area (Å²) in [4.78, 5) is 0. The van der Waals surface area contributed by atoms with Gasteiger partial charge in [-0.2, -0.15) is 0 Å². The van der Waals surface area contributed by atoms with Gasteiger partial charge in [-0.1, -0.05) is 27.7 Å². The molecular weight excluding hydrogens is 270 g/mol. The molecule has 0 atom stereocenters. The van der Waals surface area contributed by atoms with Gasteiger partial charge in [0.15, 0.2) is 0 Å². The van der Waals surface area contributed by atoms with Gasteiger partial charge >= 0.3 is 0 Å². The molecule has 0 saturated carbocycles. The van der Waals surface area contributed by atoms with E-state index in [0.717, 1.165) is 0 Å². The Morgan fingerprint density at radius 2 is 0.833 bits per heavy atom. The van der Waals surface area contributed by atoms with Crippen LogP contribution in [-0.2, 0) is 0 Å². The van der Waals surface area contributed by atoms with E-state index >= 15 is 0 Å². The Bertz CT molecular complexity index is 138. The molecule has 0 saturated heterocycles. The smallest absolute Gasteiger partial charge is 0.146 e. The van der Waals surface area contributed by atoms with Crippen LogP contribution in [0.5, 0.6) is 0 Å². The molecule has 0 spiro atoms. The Morgan fingerprint density at radius 3 is 0.917 bits per heavy atom. The maximum absolute atomic E-state index is 6.26. The molecule has 6 heteroatoms. The van der Waals surface area contributed by atoms with E-state index in [-0.39, 0.29) is 11.1 Å². The van der Waals surface area contributed by atoms with Crippen LogP contribution in [-0.4, -0.2) is 12.4 Å². The normalized spacial score (nSPS) is 14.5. The molecule has 0 fully saturated rings. The Labute approximate surface area is 95.1 Å². The third-order valence-electron chi connectivity index (χ3n) is 1.89. The molecular formula is C6H14Cl4Si2. The molecule has 0 heterocycles. The second-order valence-electron chi connectivity index (χ2n) is 3.56. The average molecular weight is 284 g/mol. The number of hydrogen-bond acceptors (Lipinski definition) is 0. The van der Waals surface area contributed by atoms with Crippen molar-refractivity contribution in [3.63, 3.8) is 0 Å². The molecule has 0 amide bonds. The molecule has 0 bridgehead atoms. The van der Waals surface area contributed by atoms with Crippen LogP contribution >= 0.6 is 44.3 Å². The minimum Gasteiger partial charge on any atom is -0.146 e. The first kappa shape index (κ1) is 13.6. The monoisotopic (exact) mass is 282 g/mol. The van der Waals surface area contributed by atoms with Gasteiger partial charge in [-0.3, -0.25) is 0 Å². The molecule has 0 aliphatic carbocycles. The summed E-state index contributed by atoms with van der Waals surface area (Å²) in [6, 6.07) is 0. The molecule has 0 aromatic heterocycles. The lowest BCUT2D eigenvalue weighted by molar-refractivity contribution is 1.03. The van der Waals surface area contributed by atoms with Crippen LogP contribution in [0.3, 0.4) is 0 Å². The molecule has 0 aliphatic rings. The lowest BCUT2D eigenvalue weighted by Crippen LogP contribution is -2.51. The van der Waals surface area contributed by atoms with Crippen LogP contribution in [0.4, 0.5) is 0 Å². The van der Waals surface area contributed by atoms with Crippen LogP contribution in [0.15, 0.2) is 0 Å². The first-order valence-electron chi connectivity index (χ1n) is 3.89. The summed E-state index contributed by atoms with van der Waals surface area (Å²) in [6.07, 6.45) is -4.91. The zero-order valence-electron chi connectivity index (χ0n) is 7.67. The first-order chi connectivity index (χ1) is 5.14. The van der Waals surface area contributed by atoms with Crippen LogP contribution in [0.1, 0.15) is 27.7 Å². The van der Waals surface area contributed by atoms with Gasteiger partial charge in [0.1, 0.15) is 0 Å². The second-order valence-corrected chi connectivity index (χ2v) is 25.2. The third kappa shape index (κ3) is 2.55. The zero-order chi connectivity index (χ0) is 10.2. The van der Waals surface area contributed by atoms with Gasteiger partial charge in [0.2, 0.25) is 0 Å². The van der Waals surface area contributed by atoms with Gasteiger partial charge < -0.3 is 0 Å². The largest absolute Gasteiger partial charge is 0.276 e. The fourth-order valence-electron chi connectivity index (χ4n) is 0.770. The van der Waals surface area contributed by atoms with E-state index in [1.165, 1.54) is 0 Å². The van der Waals surface area contributed by atoms with Crippen LogP contribution in [0, 0.1) is 0 Å². The lowest BCUT2D eigenvalue weighted by atomic mass is 10.6. The summed E-state index contributed by atoms with van der Waals surface area (Å²) >= 11 is 25.0. The molecule has 0 unspecified atom stereocenters. The topological polar surface area (TPSA) is 0 Å². The predicted molar refractivity (Wildman–Crippen MR) is 65.1 cm³/mol. The number of hydrogen-bond donors (Lipinski definition) is 0. The molecule has 0 aromatic carbocycles. The van der Waals surface area contributed by atoms with Crippen molar-refractivity contribution in [1.29, 1.82) is 0 Å². The minimum absolute atomic E-state index is 0.213. The summed E-state index contributed by atoms with van der Waals surface area (Å²) in [5.41, 5.74) is 0.426. The maximum Gasteiger partial charge on any atom is 0.276 e. The van der Waals surface area contributed by atoms with E-state index in [1.54, 1.807) is 0 Å². The Hall–Kier alpha value is 1.59. The second kappa shape index (κ2) is 4.41. The first-order valence-corrected chi connectivity index (χ1v) is 13.1. The molecule has 0 rings (SSSR count). The Morgan fingerprint density at radius 1 is 0.667 bits per heavy atom. The van der Waals surface area contributed by atoms with Gasteiger partial charge in [0, 0.05) is 0 Å². The zero-order valence-corrected chi connectivity index (χ0v) is 12.7. The predicted octanol–water partition coefficient (Wildman–Crippen LogP) is 4.72. The van der Waals surface area contributed by atoms with Gasteiger partial charge in [0.05, 0.1) is 0 Å². The molecule has 0 nitrogen and oxygen atoms in total. The maximum atomic E-state index is 6.26. The molecule has 0 N–H and O–H groups in total. The van der Waals surface area contributed by atoms with Crippen LogP contribution in [0.2, 0.25) is 11.1 Å². The molecule has 0 aromatic rings. The Balaban J connectivity index is 4.75.